The summed E-state index contributed by atoms with van der Waals surface area (Å²) >= 11 is 1.53. The fraction of sp³-hybridized carbons (Fsp3) is 0.125. The van der Waals surface area contributed by atoms with Crippen molar-refractivity contribution in [1.29, 1.82) is 0 Å². The van der Waals surface area contributed by atoms with Gasteiger partial charge in [-0.2, -0.15) is 0 Å². The third kappa shape index (κ3) is 1.50. The zero-order valence-electron chi connectivity index (χ0n) is 7.06. The molecule has 5 heteroatoms. The van der Waals surface area contributed by atoms with E-state index in [2.05, 4.69) is 15.0 Å². The molecule has 2 aromatic rings. The summed E-state index contributed by atoms with van der Waals surface area (Å²) in [6.45, 7) is 1.83. The van der Waals surface area contributed by atoms with Crippen molar-refractivity contribution in [3.05, 3.63) is 22.8 Å². The first-order chi connectivity index (χ1) is 6.27. The van der Waals surface area contributed by atoms with Crippen molar-refractivity contribution in [2.75, 3.05) is 5.73 Å². The first-order valence-corrected chi connectivity index (χ1v) is 4.69. The maximum atomic E-state index is 5.55. The molecule has 0 saturated carbocycles. The van der Waals surface area contributed by atoms with Crippen LogP contribution in [0, 0.1) is 6.92 Å². The summed E-state index contributed by atoms with van der Waals surface area (Å²) in [6, 6.07) is 0. The van der Waals surface area contributed by atoms with E-state index in [4.69, 9.17) is 5.73 Å². The van der Waals surface area contributed by atoms with Gasteiger partial charge in [-0.05, 0) is 6.92 Å². The van der Waals surface area contributed by atoms with Crippen LogP contribution in [-0.2, 0) is 0 Å². The van der Waals surface area contributed by atoms with E-state index in [1.165, 1.54) is 11.3 Å². The Bertz CT molecular complexity index is 410. The maximum Gasteiger partial charge on any atom is 0.144 e. The van der Waals surface area contributed by atoms with E-state index in [9.17, 15) is 0 Å². The van der Waals surface area contributed by atoms with Crippen LogP contribution in [0.25, 0.3) is 11.4 Å². The molecule has 0 aliphatic carbocycles. The van der Waals surface area contributed by atoms with Gasteiger partial charge in [0, 0.05) is 5.38 Å². The Labute approximate surface area is 79.5 Å². The number of nitrogen functional groups attached to an aromatic ring is 1. The van der Waals surface area contributed by atoms with Gasteiger partial charge in [0.05, 0.1) is 17.4 Å². The molecule has 0 aromatic carbocycles. The predicted molar refractivity (Wildman–Crippen MR) is 52.3 cm³/mol. The van der Waals surface area contributed by atoms with Crippen molar-refractivity contribution in [3.8, 4) is 11.4 Å². The molecule has 2 aromatic heterocycles. The SMILES string of the molecule is Cc1nc(-c2cscn2)cnc1N. The molecule has 0 amide bonds. The predicted octanol–water partition coefficient (Wildman–Crippen LogP) is 1.49. The van der Waals surface area contributed by atoms with E-state index in [1.54, 1.807) is 11.7 Å². The van der Waals surface area contributed by atoms with Crippen LogP contribution in [0.3, 0.4) is 0 Å². The number of hydrogen-bond donors (Lipinski definition) is 1. The molecule has 0 bridgehead atoms. The lowest BCUT2D eigenvalue weighted by Crippen LogP contribution is -1.97. The third-order valence-corrected chi connectivity index (χ3v) is 2.27. The van der Waals surface area contributed by atoms with Crippen molar-refractivity contribution in [2.45, 2.75) is 6.92 Å². The molecule has 2 N–H and O–H groups in total. The van der Waals surface area contributed by atoms with Gasteiger partial charge >= 0.3 is 0 Å². The van der Waals surface area contributed by atoms with E-state index in [1.807, 2.05) is 12.3 Å². The van der Waals surface area contributed by atoms with Crippen LogP contribution >= 0.6 is 11.3 Å². The number of anilines is 1. The summed E-state index contributed by atoms with van der Waals surface area (Å²) in [5.41, 5.74) is 9.68. The van der Waals surface area contributed by atoms with Gasteiger partial charge in [-0.15, -0.1) is 11.3 Å². The van der Waals surface area contributed by atoms with Crippen LogP contribution in [0.5, 0.6) is 0 Å². The Hall–Kier alpha value is -1.49. The molecule has 0 aliphatic heterocycles. The molecule has 66 valence electrons. The van der Waals surface area contributed by atoms with Crippen molar-refractivity contribution in [3.63, 3.8) is 0 Å². The molecule has 4 nitrogen and oxygen atoms in total. The number of nitrogens with two attached hydrogens (primary N) is 1. The summed E-state index contributed by atoms with van der Waals surface area (Å²) in [4.78, 5) is 12.4. The van der Waals surface area contributed by atoms with Crippen LogP contribution < -0.4 is 5.73 Å². The molecular formula is C8H8N4S. The number of hydrogen-bond acceptors (Lipinski definition) is 5. The van der Waals surface area contributed by atoms with Crippen molar-refractivity contribution < 1.29 is 0 Å². The smallest absolute Gasteiger partial charge is 0.144 e. The summed E-state index contributed by atoms with van der Waals surface area (Å²) in [5, 5.41) is 1.93. The number of nitrogens with zero attached hydrogens (tertiary/aromatic N) is 3. The highest BCUT2D eigenvalue weighted by Gasteiger charge is 2.03. The van der Waals surface area contributed by atoms with Crippen LogP contribution in [0.1, 0.15) is 5.69 Å². The second-order valence-corrected chi connectivity index (χ2v) is 3.32. The lowest BCUT2D eigenvalue weighted by Gasteiger charge is -1.99. The molecule has 0 unspecified atom stereocenters. The van der Waals surface area contributed by atoms with Crippen molar-refractivity contribution in [1.82, 2.24) is 15.0 Å². The van der Waals surface area contributed by atoms with Crippen LogP contribution in [0.15, 0.2) is 17.1 Å². The average Bonchev–Trinajstić information content (AvgIpc) is 2.62. The molecule has 13 heavy (non-hydrogen) atoms. The third-order valence-electron chi connectivity index (χ3n) is 1.68. The highest BCUT2D eigenvalue weighted by molar-refractivity contribution is 7.07. The van der Waals surface area contributed by atoms with E-state index >= 15 is 0 Å². The number of aryl methyl sites for hydroxylation is 1. The second-order valence-electron chi connectivity index (χ2n) is 2.60. The molecular weight excluding hydrogens is 184 g/mol. The molecule has 0 saturated heterocycles. The molecule has 0 fully saturated rings. The largest absolute Gasteiger partial charge is 0.382 e. The second kappa shape index (κ2) is 3.10. The Kier molecular flexibility index (Phi) is 1.94. The molecule has 2 heterocycles. The summed E-state index contributed by atoms with van der Waals surface area (Å²) in [7, 11) is 0. The highest BCUT2D eigenvalue weighted by Crippen LogP contribution is 2.17. The zero-order valence-corrected chi connectivity index (χ0v) is 7.88. The van der Waals surface area contributed by atoms with Crippen molar-refractivity contribution >= 4 is 17.2 Å². The molecule has 0 radical (unpaired) electrons. The normalized spacial score (nSPS) is 10.2. The Morgan fingerprint density at radius 2 is 2.15 bits per heavy atom. The number of aromatic nitrogens is 3. The van der Waals surface area contributed by atoms with Crippen LogP contribution in [-0.4, -0.2) is 15.0 Å². The van der Waals surface area contributed by atoms with E-state index in [0.717, 1.165) is 17.1 Å². The molecule has 0 aliphatic rings. The quantitative estimate of drug-likeness (QED) is 0.743. The Morgan fingerprint density at radius 3 is 2.77 bits per heavy atom. The van der Waals surface area contributed by atoms with Crippen molar-refractivity contribution in [2.24, 2.45) is 0 Å². The van der Waals surface area contributed by atoms with Crippen LogP contribution in [0.2, 0.25) is 0 Å². The topological polar surface area (TPSA) is 64.7 Å². The number of thiazole rings is 1. The van der Waals surface area contributed by atoms with Gasteiger partial charge in [-0.3, -0.25) is 0 Å². The number of rotatable bonds is 1. The summed E-state index contributed by atoms with van der Waals surface area (Å²) in [6.07, 6.45) is 1.64. The Balaban J connectivity index is 2.49. The van der Waals surface area contributed by atoms with E-state index in [0.29, 0.717) is 5.82 Å². The lowest BCUT2D eigenvalue weighted by atomic mass is 10.3. The summed E-state index contributed by atoms with van der Waals surface area (Å²) in [5.74, 6) is 0.471. The van der Waals surface area contributed by atoms with Gasteiger partial charge in [0.15, 0.2) is 0 Å². The Morgan fingerprint density at radius 1 is 1.31 bits per heavy atom. The van der Waals surface area contributed by atoms with Gasteiger partial charge in [-0.25, -0.2) is 15.0 Å². The highest BCUT2D eigenvalue weighted by atomic mass is 32.1. The lowest BCUT2D eigenvalue weighted by molar-refractivity contribution is 1.12. The minimum atomic E-state index is 0.471. The average molecular weight is 192 g/mol. The standard InChI is InChI=1S/C8H8N4S/c1-5-8(9)10-2-6(12-5)7-3-13-4-11-7/h2-4H,1H3,(H2,9,10). The van der Waals surface area contributed by atoms with Gasteiger partial charge in [0.2, 0.25) is 0 Å². The molecule has 0 spiro atoms. The van der Waals surface area contributed by atoms with E-state index in [-0.39, 0.29) is 0 Å². The fourth-order valence-electron chi connectivity index (χ4n) is 0.953. The van der Waals surface area contributed by atoms with Gasteiger partial charge < -0.3 is 5.73 Å². The summed E-state index contributed by atoms with van der Waals surface area (Å²) < 4.78 is 0. The monoisotopic (exact) mass is 192 g/mol. The maximum absolute atomic E-state index is 5.55. The zero-order chi connectivity index (χ0) is 9.26. The first-order valence-electron chi connectivity index (χ1n) is 3.75. The van der Waals surface area contributed by atoms with Gasteiger partial charge in [0.25, 0.3) is 0 Å². The van der Waals surface area contributed by atoms with Gasteiger partial charge in [-0.1, -0.05) is 0 Å². The molecule has 0 atom stereocenters. The minimum Gasteiger partial charge on any atom is -0.382 e. The fourth-order valence-corrected chi connectivity index (χ4v) is 1.50. The molecule has 2 rings (SSSR count). The van der Waals surface area contributed by atoms with Gasteiger partial charge in [0.1, 0.15) is 17.2 Å². The minimum absolute atomic E-state index is 0.471. The first kappa shape index (κ1) is 8.12. The van der Waals surface area contributed by atoms with E-state index < -0.39 is 0 Å². The van der Waals surface area contributed by atoms with Crippen LogP contribution in [0.4, 0.5) is 5.82 Å².